The first kappa shape index (κ1) is 16.3. The molecule has 4 nitrogen and oxygen atoms in total. The molecule has 0 aliphatic carbocycles. The molecule has 2 rings (SSSR count). The Morgan fingerprint density at radius 3 is 2.18 bits per heavy atom. The predicted molar refractivity (Wildman–Crippen MR) is 88.0 cm³/mol. The van der Waals surface area contributed by atoms with Gasteiger partial charge in [-0.15, -0.1) is 0 Å². The number of carbonyl (C=O) groups excluding carboxylic acids is 2. The van der Waals surface area contributed by atoms with Crippen LogP contribution in [0.3, 0.4) is 0 Å². The zero-order valence-electron chi connectivity index (χ0n) is 11.6. The van der Waals surface area contributed by atoms with Crippen molar-refractivity contribution in [2.24, 2.45) is 0 Å². The molecule has 0 aromatic heterocycles. The van der Waals surface area contributed by atoms with Crippen LogP contribution in [-0.2, 0) is 16.1 Å². The molecule has 0 fully saturated rings. The molecular formula is C16H14Cl2N2O2. The van der Waals surface area contributed by atoms with Gasteiger partial charge in [0.15, 0.2) is 0 Å². The van der Waals surface area contributed by atoms with Crippen LogP contribution in [0.4, 0.5) is 5.69 Å². The molecule has 2 aromatic carbocycles. The Bertz CT molecular complexity index is 689. The summed E-state index contributed by atoms with van der Waals surface area (Å²) in [5, 5.41) is 6.24. The quantitative estimate of drug-likeness (QED) is 0.819. The van der Waals surface area contributed by atoms with Crippen molar-refractivity contribution in [3.8, 4) is 0 Å². The van der Waals surface area contributed by atoms with E-state index in [9.17, 15) is 9.59 Å². The van der Waals surface area contributed by atoms with Gasteiger partial charge in [-0.25, -0.2) is 0 Å². The molecular weight excluding hydrogens is 323 g/mol. The van der Waals surface area contributed by atoms with Crippen molar-refractivity contribution >= 4 is 40.7 Å². The van der Waals surface area contributed by atoms with Crippen LogP contribution in [0, 0.1) is 0 Å². The minimum atomic E-state index is -0.426. The van der Waals surface area contributed by atoms with Crippen molar-refractivity contribution in [2.45, 2.75) is 13.0 Å². The summed E-state index contributed by atoms with van der Waals surface area (Å²) in [6.07, 6.45) is -0.282. The lowest BCUT2D eigenvalue weighted by atomic mass is 10.2. The first-order valence-electron chi connectivity index (χ1n) is 6.61. The van der Waals surface area contributed by atoms with E-state index in [4.69, 9.17) is 23.2 Å². The second-order valence-electron chi connectivity index (χ2n) is 4.57. The maximum Gasteiger partial charge on any atom is 0.233 e. The number of rotatable bonds is 5. The van der Waals surface area contributed by atoms with Crippen molar-refractivity contribution in [3.05, 3.63) is 64.1 Å². The molecule has 0 bridgehead atoms. The van der Waals surface area contributed by atoms with Crippen LogP contribution in [0.2, 0.25) is 10.0 Å². The first-order valence-corrected chi connectivity index (χ1v) is 7.36. The van der Waals surface area contributed by atoms with E-state index >= 15 is 0 Å². The molecule has 6 heteroatoms. The second kappa shape index (κ2) is 7.82. The van der Waals surface area contributed by atoms with E-state index in [0.29, 0.717) is 15.7 Å². The SMILES string of the molecule is O=C(CC(=O)Nc1ccccc1Cl)NCc1ccccc1Cl. The summed E-state index contributed by atoms with van der Waals surface area (Å²) in [5.74, 6) is -0.811. The van der Waals surface area contributed by atoms with Crippen LogP contribution < -0.4 is 10.6 Å². The van der Waals surface area contributed by atoms with E-state index in [0.717, 1.165) is 5.56 Å². The smallest absolute Gasteiger partial charge is 0.233 e. The number of amides is 2. The van der Waals surface area contributed by atoms with Crippen molar-refractivity contribution < 1.29 is 9.59 Å². The topological polar surface area (TPSA) is 58.2 Å². The van der Waals surface area contributed by atoms with E-state index in [2.05, 4.69) is 10.6 Å². The molecule has 0 heterocycles. The van der Waals surface area contributed by atoms with Gasteiger partial charge >= 0.3 is 0 Å². The van der Waals surface area contributed by atoms with Crippen LogP contribution in [0.15, 0.2) is 48.5 Å². The Labute approximate surface area is 138 Å². The Balaban J connectivity index is 1.83. The zero-order chi connectivity index (χ0) is 15.9. The standard InChI is InChI=1S/C16H14Cl2N2O2/c17-12-6-2-1-5-11(12)10-19-15(21)9-16(22)20-14-8-4-3-7-13(14)18/h1-8H,9-10H2,(H,19,21)(H,20,22). The maximum atomic E-state index is 11.8. The average Bonchev–Trinajstić information content (AvgIpc) is 2.49. The molecule has 0 spiro atoms. The van der Waals surface area contributed by atoms with E-state index in [1.807, 2.05) is 18.2 Å². The molecule has 0 saturated carbocycles. The number of hydrogen-bond acceptors (Lipinski definition) is 2. The van der Waals surface area contributed by atoms with Crippen molar-refractivity contribution in [1.82, 2.24) is 5.32 Å². The van der Waals surface area contributed by atoms with E-state index in [-0.39, 0.29) is 18.9 Å². The summed E-state index contributed by atoms with van der Waals surface area (Å²) in [5.41, 5.74) is 1.28. The third-order valence-corrected chi connectivity index (χ3v) is 3.60. The molecule has 0 unspecified atom stereocenters. The Morgan fingerprint density at radius 1 is 0.864 bits per heavy atom. The maximum absolute atomic E-state index is 11.8. The summed E-state index contributed by atoms with van der Waals surface area (Å²) >= 11 is 11.9. The average molecular weight is 337 g/mol. The fraction of sp³-hybridized carbons (Fsp3) is 0.125. The summed E-state index contributed by atoms with van der Waals surface area (Å²) in [6.45, 7) is 0.276. The van der Waals surface area contributed by atoms with Gasteiger partial charge in [0.25, 0.3) is 0 Å². The number of hydrogen-bond donors (Lipinski definition) is 2. The van der Waals surface area contributed by atoms with Gasteiger partial charge in [0.2, 0.25) is 11.8 Å². The van der Waals surface area contributed by atoms with Crippen molar-refractivity contribution in [3.63, 3.8) is 0 Å². The third-order valence-electron chi connectivity index (χ3n) is 2.90. The van der Waals surface area contributed by atoms with E-state index in [1.165, 1.54) is 0 Å². The van der Waals surface area contributed by atoms with Gasteiger partial charge in [-0.05, 0) is 23.8 Å². The summed E-state index contributed by atoms with van der Waals surface area (Å²) in [7, 11) is 0. The van der Waals surface area contributed by atoms with Gasteiger partial charge in [-0.3, -0.25) is 9.59 Å². The highest BCUT2D eigenvalue weighted by molar-refractivity contribution is 6.33. The minimum Gasteiger partial charge on any atom is -0.352 e. The van der Waals surface area contributed by atoms with Gasteiger partial charge in [0.05, 0.1) is 10.7 Å². The molecule has 114 valence electrons. The largest absolute Gasteiger partial charge is 0.352 e. The lowest BCUT2D eigenvalue weighted by Crippen LogP contribution is -2.27. The summed E-state index contributed by atoms with van der Waals surface area (Å²) in [4.78, 5) is 23.6. The van der Waals surface area contributed by atoms with Crippen molar-refractivity contribution in [1.29, 1.82) is 0 Å². The van der Waals surface area contributed by atoms with Gasteiger partial charge in [0.1, 0.15) is 6.42 Å². The number of carbonyl (C=O) groups is 2. The minimum absolute atomic E-state index is 0.276. The Morgan fingerprint density at radius 2 is 1.50 bits per heavy atom. The summed E-state index contributed by atoms with van der Waals surface area (Å²) in [6, 6.07) is 14.0. The van der Waals surface area contributed by atoms with Gasteiger partial charge in [-0.2, -0.15) is 0 Å². The van der Waals surface area contributed by atoms with E-state index < -0.39 is 5.91 Å². The molecule has 22 heavy (non-hydrogen) atoms. The molecule has 0 radical (unpaired) electrons. The molecule has 0 aliphatic heterocycles. The summed E-state index contributed by atoms with van der Waals surface area (Å²) < 4.78 is 0. The number of anilines is 1. The normalized spacial score (nSPS) is 10.1. The lowest BCUT2D eigenvalue weighted by molar-refractivity contribution is -0.126. The Kier molecular flexibility index (Phi) is 5.81. The molecule has 0 aliphatic rings. The molecule has 2 aromatic rings. The highest BCUT2D eigenvalue weighted by Gasteiger charge is 2.11. The van der Waals surface area contributed by atoms with Gasteiger partial charge < -0.3 is 10.6 Å². The first-order chi connectivity index (χ1) is 10.6. The van der Waals surface area contributed by atoms with Crippen LogP contribution in [0.1, 0.15) is 12.0 Å². The fourth-order valence-corrected chi connectivity index (χ4v) is 2.19. The van der Waals surface area contributed by atoms with Crippen LogP contribution >= 0.6 is 23.2 Å². The lowest BCUT2D eigenvalue weighted by Gasteiger charge is -2.08. The van der Waals surface area contributed by atoms with Crippen molar-refractivity contribution in [2.75, 3.05) is 5.32 Å². The Hall–Kier alpha value is -2.04. The monoisotopic (exact) mass is 336 g/mol. The van der Waals surface area contributed by atoms with Gasteiger partial charge in [-0.1, -0.05) is 53.5 Å². The van der Waals surface area contributed by atoms with Gasteiger partial charge in [0, 0.05) is 11.6 Å². The highest BCUT2D eigenvalue weighted by atomic mass is 35.5. The molecule has 0 atom stereocenters. The van der Waals surface area contributed by atoms with E-state index in [1.54, 1.807) is 30.3 Å². The third kappa shape index (κ3) is 4.76. The number of benzene rings is 2. The fourth-order valence-electron chi connectivity index (χ4n) is 1.80. The number of para-hydroxylation sites is 1. The van der Waals surface area contributed by atoms with Crippen LogP contribution in [0.5, 0.6) is 0 Å². The highest BCUT2D eigenvalue weighted by Crippen LogP contribution is 2.20. The predicted octanol–water partition coefficient (Wildman–Crippen LogP) is 3.64. The molecule has 0 saturated heterocycles. The molecule has 2 N–H and O–H groups in total. The second-order valence-corrected chi connectivity index (χ2v) is 5.39. The van der Waals surface area contributed by atoms with Crippen LogP contribution in [0.25, 0.3) is 0 Å². The zero-order valence-corrected chi connectivity index (χ0v) is 13.1. The van der Waals surface area contributed by atoms with Crippen LogP contribution in [-0.4, -0.2) is 11.8 Å². The molecule has 2 amide bonds. The number of halogens is 2. The number of nitrogens with one attached hydrogen (secondary N) is 2.